The number of piperazine rings is 1. The van der Waals surface area contributed by atoms with Gasteiger partial charge in [-0.25, -0.2) is 23.5 Å². The van der Waals surface area contributed by atoms with E-state index in [1.54, 1.807) is 9.58 Å². The maximum atomic E-state index is 13.9. The number of halogens is 2. The number of alkyl carbamates (subject to hydrolysis) is 1. The zero-order valence-corrected chi connectivity index (χ0v) is 30.1. The van der Waals surface area contributed by atoms with Crippen molar-refractivity contribution < 1.29 is 27.8 Å². The van der Waals surface area contributed by atoms with E-state index in [4.69, 9.17) is 15.2 Å². The summed E-state index contributed by atoms with van der Waals surface area (Å²) in [7, 11) is 0. The summed E-state index contributed by atoms with van der Waals surface area (Å²) >= 11 is 0. The van der Waals surface area contributed by atoms with Crippen molar-refractivity contribution in [3.05, 3.63) is 23.8 Å². The number of morpholine rings is 1. The number of hydrogen-bond donors (Lipinski definition) is 2. The van der Waals surface area contributed by atoms with Crippen LogP contribution in [0.3, 0.4) is 0 Å². The molecular formula is C33H49F2N13O4. The molecule has 17 nitrogen and oxygen atoms in total. The molecule has 5 heterocycles. The van der Waals surface area contributed by atoms with Crippen LogP contribution in [0.25, 0.3) is 11.4 Å². The van der Waals surface area contributed by atoms with Gasteiger partial charge < -0.3 is 35.2 Å². The number of aromatic nitrogens is 8. The highest BCUT2D eigenvalue weighted by molar-refractivity contribution is 5.76. The molecule has 3 aromatic rings. The molecule has 2 saturated heterocycles. The monoisotopic (exact) mass is 729 g/mol. The number of carbonyl (C=O) groups is 2. The second-order valence-electron chi connectivity index (χ2n) is 13.7. The van der Waals surface area contributed by atoms with Gasteiger partial charge in [-0.05, 0) is 40.0 Å². The van der Waals surface area contributed by atoms with E-state index >= 15 is 0 Å². The van der Waals surface area contributed by atoms with Gasteiger partial charge in [0.05, 0.1) is 31.0 Å². The molecule has 5 rings (SSSR count). The normalized spacial score (nSPS) is 15.3. The van der Waals surface area contributed by atoms with Gasteiger partial charge in [0, 0.05) is 64.6 Å². The van der Waals surface area contributed by atoms with Crippen LogP contribution in [0.1, 0.15) is 77.1 Å². The van der Waals surface area contributed by atoms with Gasteiger partial charge in [-0.2, -0.15) is 15.0 Å². The lowest BCUT2D eigenvalue weighted by Gasteiger charge is -2.35. The number of amides is 2. The number of carbonyl (C=O) groups excluding carboxylic acids is 2. The maximum Gasteiger partial charge on any atom is 0.407 e. The third-order valence-corrected chi connectivity index (χ3v) is 8.52. The Balaban J connectivity index is 1.07. The highest BCUT2D eigenvalue weighted by Crippen LogP contribution is 2.30. The topological polar surface area (TPSA) is 196 Å². The summed E-state index contributed by atoms with van der Waals surface area (Å²) in [4.78, 5) is 51.9. The average Bonchev–Trinajstić information content (AvgIpc) is 3.58. The Kier molecular flexibility index (Phi) is 13.4. The lowest BCUT2D eigenvalue weighted by Crippen LogP contribution is -2.49. The van der Waals surface area contributed by atoms with E-state index in [0.717, 1.165) is 44.2 Å². The number of nitrogen functional groups attached to an aromatic ring is 1. The van der Waals surface area contributed by atoms with Gasteiger partial charge in [0.25, 0.3) is 6.43 Å². The number of rotatable bonds is 15. The Morgan fingerprint density at radius 3 is 2.31 bits per heavy atom. The van der Waals surface area contributed by atoms with Crippen molar-refractivity contribution in [3.8, 4) is 11.4 Å². The van der Waals surface area contributed by atoms with Crippen LogP contribution >= 0.6 is 0 Å². The van der Waals surface area contributed by atoms with Crippen molar-refractivity contribution in [2.75, 3.05) is 74.6 Å². The van der Waals surface area contributed by atoms with Crippen LogP contribution in [-0.2, 0) is 27.2 Å². The van der Waals surface area contributed by atoms with Gasteiger partial charge in [0.15, 0.2) is 5.82 Å². The molecule has 19 heteroatoms. The van der Waals surface area contributed by atoms with Gasteiger partial charge in [-0.3, -0.25) is 9.48 Å². The van der Waals surface area contributed by atoms with Crippen molar-refractivity contribution in [3.63, 3.8) is 0 Å². The fraction of sp³-hybridized carbons (Fsp3) is 0.667. The molecule has 0 bridgehead atoms. The number of ether oxygens (including phenoxy) is 2. The first-order valence-electron chi connectivity index (χ1n) is 17.8. The average molecular weight is 730 g/mol. The number of aryl methyl sites for hydroxylation is 2. The van der Waals surface area contributed by atoms with Crippen LogP contribution in [0.5, 0.6) is 0 Å². The molecule has 284 valence electrons. The molecule has 2 fully saturated rings. The molecule has 0 aliphatic carbocycles. The fourth-order valence-electron chi connectivity index (χ4n) is 5.82. The molecule has 52 heavy (non-hydrogen) atoms. The lowest BCUT2D eigenvalue weighted by molar-refractivity contribution is -0.131. The number of alkyl halides is 2. The van der Waals surface area contributed by atoms with E-state index in [-0.39, 0.29) is 35.8 Å². The number of nitrogens with two attached hydrogens (primary N) is 1. The molecule has 0 radical (unpaired) electrons. The standard InChI is InChI=1S/C33H49F2N13O4/c1-33(2,3)52-32(50)37-11-8-6-4-5-7-9-23-22-48(44-43-23)12-10-25(49)45-13-15-46(16-14-45)30-40-28(24-21-38-29(36)39-26(24)27(34)35)41-31(42-30)47-17-19-51-20-18-47/h21-22,27H,4-20H2,1-3H3,(H,37,50)(H2,36,38,39). The number of anilines is 3. The van der Waals surface area contributed by atoms with Crippen LogP contribution < -0.4 is 20.9 Å². The second-order valence-corrected chi connectivity index (χ2v) is 13.7. The number of unbranched alkanes of at least 4 members (excludes halogenated alkanes) is 4. The van der Waals surface area contributed by atoms with E-state index in [1.165, 1.54) is 6.20 Å². The maximum absolute atomic E-state index is 13.9. The number of hydrogen-bond acceptors (Lipinski definition) is 14. The molecular weight excluding hydrogens is 680 g/mol. The molecule has 0 unspecified atom stereocenters. The van der Waals surface area contributed by atoms with Crippen molar-refractivity contribution in [2.45, 2.75) is 84.3 Å². The Morgan fingerprint density at radius 1 is 0.942 bits per heavy atom. The first-order valence-corrected chi connectivity index (χ1v) is 17.8. The largest absolute Gasteiger partial charge is 0.444 e. The molecule has 0 spiro atoms. The summed E-state index contributed by atoms with van der Waals surface area (Å²) in [5, 5.41) is 11.3. The Bertz CT molecular complexity index is 1620. The van der Waals surface area contributed by atoms with Crippen molar-refractivity contribution in [1.29, 1.82) is 0 Å². The van der Waals surface area contributed by atoms with Crippen molar-refractivity contribution >= 4 is 29.8 Å². The highest BCUT2D eigenvalue weighted by Gasteiger charge is 2.27. The summed E-state index contributed by atoms with van der Waals surface area (Å²) in [6.45, 7) is 10.4. The summed E-state index contributed by atoms with van der Waals surface area (Å²) < 4.78 is 40.3. The minimum atomic E-state index is -2.91. The Hall–Kier alpha value is -4.81. The second kappa shape index (κ2) is 18.1. The van der Waals surface area contributed by atoms with E-state index in [1.807, 2.05) is 36.8 Å². The summed E-state index contributed by atoms with van der Waals surface area (Å²) in [6, 6.07) is 0. The van der Waals surface area contributed by atoms with Crippen LogP contribution in [0.15, 0.2) is 12.4 Å². The first-order chi connectivity index (χ1) is 24.9. The molecule has 3 N–H and O–H groups in total. The van der Waals surface area contributed by atoms with Crippen molar-refractivity contribution in [2.24, 2.45) is 0 Å². The molecule has 0 atom stereocenters. The van der Waals surface area contributed by atoms with E-state index < -0.39 is 17.7 Å². The molecule has 3 aromatic heterocycles. The SMILES string of the molecule is CC(C)(C)OC(=O)NCCCCCCCc1cn(CCC(=O)N2CCN(c3nc(-c4cnc(N)nc4C(F)F)nc(N4CCOCC4)n3)CC2)nn1. The smallest absolute Gasteiger partial charge is 0.407 e. The van der Waals surface area contributed by atoms with Crippen LogP contribution in [-0.4, -0.2) is 121 Å². The van der Waals surface area contributed by atoms with Gasteiger partial charge in [0.2, 0.25) is 23.8 Å². The molecule has 2 aliphatic heterocycles. The summed E-state index contributed by atoms with van der Waals surface area (Å²) in [5.41, 5.74) is 5.42. The molecule has 0 saturated carbocycles. The first kappa shape index (κ1) is 38.4. The van der Waals surface area contributed by atoms with Crippen LogP contribution in [0.2, 0.25) is 0 Å². The predicted molar refractivity (Wildman–Crippen MR) is 188 cm³/mol. The number of nitrogens with one attached hydrogen (secondary N) is 1. The van der Waals surface area contributed by atoms with Gasteiger partial charge in [0.1, 0.15) is 11.3 Å². The minimum Gasteiger partial charge on any atom is -0.444 e. The van der Waals surface area contributed by atoms with Gasteiger partial charge in [-0.15, -0.1) is 5.10 Å². The highest BCUT2D eigenvalue weighted by atomic mass is 19.3. The Labute approximate surface area is 301 Å². The zero-order chi connectivity index (χ0) is 37.1. The quantitative estimate of drug-likeness (QED) is 0.217. The molecule has 2 amide bonds. The third-order valence-electron chi connectivity index (χ3n) is 8.52. The molecule has 0 aromatic carbocycles. The van der Waals surface area contributed by atoms with Gasteiger partial charge >= 0.3 is 6.09 Å². The van der Waals surface area contributed by atoms with Gasteiger partial charge in [-0.1, -0.05) is 24.5 Å². The molecule has 2 aliphatic rings. The summed E-state index contributed by atoms with van der Waals surface area (Å²) in [5.74, 6) is 0.426. The number of nitrogens with zero attached hydrogens (tertiary/aromatic N) is 11. The van der Waals surface area contributed by atoms with E-state index in [2.05, 4.69) is 40.5 Å². The van der Waals surface area contributed by atoms with Crippen LogP contribution in [0.4, 0.5) is 31.4 Å². The van der Waals surface area contributed by atoms with Crippen molar-refractivity contribution in [1.82, 2.24) is 50.1 Å². The minimum absolute atomic E-state index is 0.00352. The van der Waals surface area contributed by atoms with E-state index in [0.29, 0.717) is 77.5 Å². The third kappa shape index (κ3) is 11.3. The fourth-order valence-corrected chi connectivity index (χ4v) is 5.82. The summed E-state index contributed by atoms with van der Waals surface area (Å²) in [6.07, 6.45) is 5.93. The zero-order valence-electron chi connectivity index (χ0n) is 30.1. The Morgan fingerprint density at radius 2 is 1.62 bits per heavy atom. The predicted octanol–water partition coefficient (Wildman–Crippen LogP) is 3.03. The van der Waals surface area contributed by atoms with Crippen LogP contribution in [0, 0.1) is 0 Å². The van der Waals surface area contributed by atoms with E-state index in [9.17, 15) is 18.4 Å². The lowest BCUT2D eigenvalue weighted by atomic mass is 10.1.